The van der Waals surface area contributed by atoms with E-state index in [9.17, 15) is 9.18 Å². The van der Waals surface area contributed by atoms with Crippen LogP contribution in [-0.4, -0.2) is 41.3 Å². The van der Waals surface area contributed by atoms with Crippen molar-refractivity contribution in [3.05, 3.63) is 30.1 Å². The third kappa shape index (κ3) is 3.30. The second kappa shape index (κ2) is 6.47. The summed E-state index contributed by atoms with van der Waals surface area (Å²) in [5.74, 6) is 1.78. The average molecular weight is 435 g/mol. The van der Waals surface area contributed by atoms with Gasteiger partial charge in [-0.25, -0.2) is 4.39 Å². The first-order chi connectivity index (χ1) is 12.9. The fourth-order valence-electron chi connectivity index (χ4n) is 6.88. The first-order valence-electron chi connectivity index (χ1n) is 10.4. The Kier molecular flexibility index (Phi) is 4.30. The minimum absolute atomic E-state index is 0.173. The normalized spacial score (nSPS) is 37.7. The monoisotopic (exact) mass is 434 g/mol. The van der Waals surface area contributed by atoms with Crippen LogP contribution in [0.5, 0.6) is 0 Å². The first kappa shape index (κ1) is 18.0. The largest absolute Gasteiger partial charge is 0.366 e. The molecule has 2 unspecified atom stereocenters. The van der Waals surface area contributed by atoms with Crippen molar-refractivity contribution in [1.82, 2.24) is 4.90 Å². The molecule has 146 valence electrons. The van der Waals surface area contributed by atoms with Gasteiger partial charge in [-0.05, 0) is 67.9 Å². The molecule has 4 aliphatic carbocycles. The van der Waals surface area contributed by atoms with Crippen LogP contribution in [0.15, 0.2) is 24.3 Å². The third-order valence-electron chi connectivity index (χ3n) is 7.46. The number of anilines is 1. The fraction of sp³-hybridized carbons (Fsp3) is 0.682. The molecular formula is C22H28BrFN2O. The van der Waals surface area contributed by atoms with Crippen LogP contribution in [-0.2, 0) is 4.79 Å². The van der Waals surface area contributed by atoms with Gasteiger partial charge in [0.1, 0.15) is 5.82 Å². The van der Waals surface area contributed by atoms with Crippen LogP contribution in [0, 0.1) is 23.1 Å². The minimum Gasteiger partial charge on any atom is -0.366 e. The van der Waals surface area contributed by atoms with Crippen LogP contribution in [0.2, 0.25) is 0 Å². The second-order valence-corrected chi connectivity index (χ2v) is 11.3. The van der Waals surface area contributed by atoms with Gasteiger partial charge >= 0.3 is 0 Å². The number of nitrogens with zero attached hydrogens (tertiary/aromatic N) is 2. The molecule has 4 saturated carbocycles. The highest BCUT2D eigenvalue weighted by molar-refractivity contribution is 9.10. The predicted molar refractivity (Wildman–Crippen MR) is 109 cm³/mol. The van der Waals surface area contributed by atoms with Crippen LogP contribution in [0.25, 0.3) is 0 Å². The highest BCUT2D eigenvalue weighted by atomic mass is 79.9. The van der Waals surface area contributed by atoms with Gasteiger partial charge in [0.25, 0.3) is 0 Å². The van der Waals surface area contributed by atoms with Gasteiger partial charge in [-0.2, -0.15) is 0 Å². The number of amides is 1. The molecule has 1 aliphatic heterocycles. The molecule has 0 spiro atoms. The summed E-state index contributed by atoms with van der Waals surface area (Å²) in [5.41, 5.74) is 0.889. The van der Waals surface area contributed by atoms with Crippen molar-refractivity contribution in [1.29, 1.82) is 0 Å². The maximum Gasteiger partial charge on any atom is 0.223 e. The van der Waals surface area contributed by atoms with E-state index in [1.54, 1.807) is 6.07 Å². The van der Waals surface area contributed by atoms with Gasteiger partial charge in [0.2, 0.25) is 5.91 Å². The van der Waals surface area contributed by atoms with Gasteiger partial charge in [-0.1, -0.05) is 28.1 Å². The fourth-order valence-corrected chi connectivity index (χ4v) is 8.39. The van der Waals surface area contributed by atoms with E-state index in [2.05, 4.69) is 20.8 Å². The maximum absolute atomic E-state index is 14.0. The van der Waals surface area contributed by atoms with Crippen LogP contribution in [0.1, 0.15) is 44.9 Å². The number of carbonyl (C=O) groups is 1. The Bertz CT molecular complexity index is 732. The number of hydrogen-bond acceptors (Lipinski definition) is 2. The van der Waals surface area contributed by atoms with Gasteiger partial charge in [-0.3, -0.25) is 4.79 Å². The van der Waals surface area contributed by atoms with Crippen molar-refractivity contribution in [2.24, 2.45) is 17.3 Å². The Morgan fingerprint density at radius 1 is 1.07 bits per heavy atom. The van der Waals surface area contributed by atoms with E-state index in [-0.39, 0.29) is 11.2 Å². The summed E-state index contributed by atoms with van der Waals surface area (Å²) >= 11 is 4.05. The maximum atomic E-state index is 14.0. The Morgan fingerprint density at radius 2 is 1.74 bits per heavy atom. The molecule has 0 N–H and O–H groups in total. The summed E-state index contributed by atoms with van der Waals surface area (Å²) in [6, 6.07) is 6.94. The van der Waals surface area contributed by atoms with Crippen molar-refractivity contribution >= 4 is 27.5 Å². The summed E-state index contributed by atoms with van der Waals surface area (Å²) in [4.78, 5) is 17.2. The van der Waals surface area contributed by atoms with E-state index in [4.69, 9.17) is 0 Å². The Morgan fingerprint density at radius 3 is 2.37 bits per heavy atom. The summed E-state index contributed by atoms with van der Waals surface area (Å²) < 4.78 is 14.3. The zero-order valence-electron chi connectivity index (χ0n) is 15.8. The van der Waals surface area contributed by atoms with E-state index < -0.39 is 0 Å². The SMILES string of the molecule is O=C(CC12CC3CC(CC(Br)(C3)C1)C2)N1CCN(c2ccccc2F)CC1. The average Bonchev–Trinajstić information content (AvgIpc) is 2.60. The van der Waals surface area contributed by atoms with E-state index in [1.807, 2.05) is 17.0 Å². The highest BCUT2D eigenvalue weighted by Gasteiger charge is 2.57. The van der Waals surface area contributed by atoms with Crippen molar-refractivity contribution in [2.75, 3.05) is 31.1 Å². The number of benzene rings is 1. The lowest BCUT2D eigenvalue weighted by Gasteiger charge is -2.60. The molecule has 5 aliphatic rings. The van der Waals surface area contributed by atoms with Crippen molar-refractivity contribution in [3.8, 4) is 0 Å². The molecule has 2 atom stereocenters. The topological polar surface area (TPSA) is 23.6 Å². The molecule has 6 rings (SSSR count). The summed E-state index contributed by atoms with van der Waals surface area (Å²) in [5, 5.41) is 0. The van der Waals surface area contributed by atoms with Crippen LogP contribution < -0.4 is 4.90 Å². The molecule has 0 radical (unpaired) electrons. The zero-order chi connectivity index (χ0) is 18.6. The van der Waals surface area contributed by atoms with E-state index in [0.29, 0.717) is 48.5 Å². The highest BCUT2D eigenvalue weighted by Crippen LogP contribution is 2.65. The number of hydrogen-bond donors (Lipinski definition) is 0. The van der Waals surface area contributed by atoms with Crippen molar-refractivity contribution in [2.45, 2.75) is 49.3 Å². The van der Waals surface area contributed by atoms with E-state index >= 15 is 0 Å². The van der Waals surface area contributed by atoms with Gasteiger partial charge in [-0.15, -0.1) is 0 Å². The van der Waals surface area contributed by atoms with E-state index in [0.717, 1.165) is 11.8 Å². The summed E-state index contributed by atoms with van der Waals surface area (Å²) in [6.07, 6.45) is 8.38. The smallest absolute Gasteiger partial charge is 0.223 e. The summed E-state index contributed by atoms with van der Waals surface area (Å²) in [6.45, 7) is 2.84. The van der Waals surface area contributed by atoms with Crippen molar-refractivity contribution in [3.63, 3.8) is 0 Å². The molecule has 0 aromatic heterocycles. The minimum atomic E-state index is -0.173. The summed E-state index contributed by atoms with van der Waals surface area (Å²) in [7, 11) is 0. The molecule has 5 fully saturated rings. The molecular weight excluding hydrogens is 407 g/mol. The zero-order valence-corrected chi connectivity index (χ0v) is 17.4. The predicted octanol–water partition coefficient (Wildman–Crippen LogP) is 4.60. The number of piperazine rings is 1. The van der Waals surface area contributed by atoms with Gasteiger partial charge in [0.15, 0.2) is 0 Å². The van der Waals surface area contributed by atoms with Gasteiger partial charge in [0.05, 0.1) is 5.69 Å². The molecule has 1 aromatic rings. The Hall–Kier alpha value is -1.10. The number of rotatable bonds is 3. The lowest BCUT2D eigenvalue weighted by atomic mass is 9.48. The lowest BCUT2D eigenvalue weighted by Crippen LogP contribution is -2.55. The number of para-hydroxylation sites is 1. The Balaban J connectivity index is 1.22. The Labute approximate surface area is 169 Å². The van der Waals surface area contributed by atoms with E-state index in [1.165, 1.54) is 44.6 Å². The van der Waals surface area contributed by atoms with Crippen LogP contribution >= 0.6 is 15.9 Å². The third-order valence-corrected chi connectivity index (χ3v) is 8.39. The molecule has 27 heavy (non-hydrogen) atoms. The quantitative estimate of drug-likeness (QED) is 0.648. The molecule has 1 heterocycles. The standard InChI is InChI=1S/C22H28BrFN2O/c23-22-12-16-9-17(13-22)11-21(10-16,15-22)14-20(27)26-7-5-25(6-8-26)19-4-2-1-3-18(19)24/h1-4,16-17H,5-15H2. The molecule has 1 amide bonds. The van der Waals surface area contributed by atoms with Crippen molar-refractivity contribution < 1.29 is 9.18 Å². The van der Waals surface area contributed by atoms with Gasteiger partial charge < -0.3 is 9.80 Å². The first-order valence-corrected chi connectivity index (χ1v) is 11.2. The molecule has 3 nitrogen and oxygen atoms in total. The number of halogens is 2. The molecule has 1 saturated heterocycles. The number of carbonyl (C=O) groups excluding carboxylic acids is 1. The van der Waals surface area contributed by atoms with Crippen LogP contribution in [0.4, 0.5) is 10.1 Å². The number of alkyl halides is 1. The second-order valence-electron chi connectivity index (χ2n) is 9.61. The lowest BCUT2D eigenvalue weighted by molar-refractivity contribution is -0.138. The molecule has 4 bridgehead atoms. The van der Waals surface area contributed by atoms with Crippen LogP contribution in [0.3, 0.4) is 0 Å². The molecule has 5 heteroatoms. The van der Waals surface area contributed by atoms with Gasteiger partial charge in [0, 0.05) is 36.9 Å². The molecule has 1 aromatic carbocycles.